The molecule has 1 aliphatic carbocycles. The molecule has 1 saturated heterocycles. The van der Waals surface area contributed by atoms with E-state index in [9.17, 15) is 9.59 Å². The van der Waals surface area contributed by atoms with Crippen LogP contribution in [0.15, 0.2) is 0 Å². The van der Waals surface area contributed by atoms with Gasteiger partial charge in [-0.15, -0.1) is 0 Å². The summed E-state index contributed by atoms with van der Waals surface area (Å²) in [5.41, 5.74) is 0.330. The number of esters is 1. The summed E-state index contributed by atoms with van der Waals surface area (Å²) in [5.74, 6) is 0.381. The number of hydrogen-bond acceptors (Lipinski definition) is 3. The minimum atomic E-state index is -0.796. The lowest BCUT2D eigenvalue weighted by Crippen LogP contribution is -2.44. The molecule has 114 valence electrons. The largest absolute Gasteiger partial charge is 0.466 e. The number of carbonyl (C=O) groups is 2. The second-order valence-corrected chi connectivity index (χ2v) is 6.22. The summed E-state index contributed by atoms with van der Waals surface area (Å²) in [6.07, 6.45) is 6.12. The second-order valence-electron chi connectivity index (χ2n) is 6.22. The van der Waals surface area contributed by atoms with Crippen molar-refractivity contribution in [2.45, 2.75) is 51.9 Å². The van der Waals surface area contributed by atoms with Gasteiger partial charge in [0.15, 0.2) is 0 Å². The van der Waals surface area contributed by atoms with Crippen molar-refractivity contribution < 1.29 is 19.4 Å². The van der Waals surface area contributed by atoms with E-state index in [1.54, 1.807) is 0 Å². The number of amides is 1. The minimum Gasteiger partial charge on any atom is -0.466 e. The Labute approximate surface area is 120 Å². The third-order valence-corrected chi connectivity index (χ3v) is 5.02. The lowest BCUT2D eigenvalue weighted by atomic mass is 9.65. The number of piperidine rings is 1. The van der Waals surface area contributed by atoms with Gasteiger partial charge in [-0.2, -0.15) is 0 Å². The lowest BCUT2D eigenvalue weighted by molar-refractivity contribution is -0.144. The van der Waals surface area contributed by atoms with Crippen LogP contribution < -0.4 is 0 Å². The minimum absolute atomic E-state index is 0.0749. The summed E-state index contributed by atoms with van der Waals surface area (Å²) in [4.78, 5) is 24.0. The molecule has 1 amide bonds. The van der Waals surface area contributed by atoms with E-state index in [4.69, 9.17) is 9.84 Å². The zero-order chi connectivity index (χ0) is 14.6. The third-order valence-electron chi connectivity index (χ3n) is 5.02. The molecular weight excluding hydrogens is 258 g/mol. The van der Waals surface area contributed by atoms with Crippen molar-refractivity contribution in [1.82, 2.24) is 4.90 Å². The van der Waals surface area contributed by atoms with Crippen molar-refractivity contribution >= 4 is 12.1 Å². The summed E-state index contributed by atoms with van der Waals surface area (Å²) in [6, 6.07) is 0. The molecule has 2 rings (SSSR count). The molecular formula is C15H25NO4. The number of ether oxygens (including phenoxy) is 1. The molecule has 1 spiro atoms. The van der Waals surface area contributed by atoms with E-state index in [2.05, 4.69) is 0 Å². The van der Waals surface area contributed by atoms with Crippen molar-refractivity contribution in [3.05, 3.63) is 0 Å². The highest BCUT2D eigenvalue weighted by Gasteiger charge is 2.39. The summed E-state index contributed by atoms with van der Waals surface area (Å²) in [6.45, 7) is 3.63. The highest BCUT2D eigenvalue weighted by atomic mass is 16.5. The van der Waals surface area contributed by atoms with Crippen LogP contribution in [0.3, 0.4) is 0 Å². The Balaban J connectivity index is 1.77. The molecule has 5 heteroatoms. The number of rotatable bonds is 3. The van der Waals surface area contributed by atoms with E-state index >= 15 is 0 Å². The molecule has 0 radical (unpaired) electrons. The highest BCUT2D eigenvalue weighted by Crippen LogP contribution is 2.46. The van der Waals surface area contributed by atoms with Gasteiger partial charge in [-0.3, -0.25) is 4.79 Å². The van der Waals surface area contributed by atoms with Gasteiger partial charge in [-0.25, -0.2) is 4.79 Å². The van der Waals surface area contributed by atoms with Crippen molar-refractivity contribution in [2.24, 2.45) is 11.3 Å². The average molecular weight is 283 g/mol. The quantitative estimate of drug-likeness (QED) is 0.809. The van der Waals surface area contributed by atoms with Gasteiger partial charge in [-0.1, -0.05) is 0 Å². The molecule has 0 unspecified atom stereocenters. The van der Waals surface area contributed by atoms with E-state index in [-0.39, 0.29) is 5.97 Å². The van der Waals surface area contributed by atoms with Gasteiger partial charge in [0, 0.05) is 19.5 Å². The van der Waals surface area contributed by atoms with E-state index in [0.717, 1.165) is 38.5 Å². The van der Waals surface area contributed by atoms with Gasteiger partial charge < -0.3 is 14.7 Å². The Hall–Kier alpha value is -1.26. The molecule has 1 saturated carbocycles. The molecule has 0 aromatic carbocycles. The van der Waals surface area contributed by atoms with Crippen molar-refractivity contribution in [1.29, 1.82) is 0 Å². The molecule has 0 aromatic heterocycles. The molecule has 5 nitrogen and oxygen atoms in total. The molecule has 2 aliphatic rings. The molecule has 1 aliphatic heterocycles. The predicted octanol–water partition coefficient (Wildman–Crippen LogP) is 2.89. The molecule has 1 N–H and O–H groups in total. The number of likely N-dealkylation sites (tertiary alicyclic amines) is 1. The molecule has 20 heavy (non-hydrogen) atoms. The number of carboxylic acid groups (broad SMARTS) is 1. The van der Waals surface area contributed by atoms with Crippen molar-refractivity contribution in [2.75, 3.05) is 19.7 Å². The lowest BCUT2D eigenvalue weighted by Gasteiger charge is -2.45. The first kappa shape index (κ1) is 15.1. The number of hydrogen-bond donors (Lipinski definition) is 1. The Kier molecular flexibility index (Phi) is 4.89. The van der Waals surface area contributed by atoms with E-state index < -0.39 is 6.09 Å². The highest BCUT2D eigenvalue weighted by molar-refractivity contribution is 5.69. The maximum Gasteiger partial charge on any atom is 0.407 e. The summed E-state index contributed by atoms with van der Waals surface area (Å²) >= 11 is 0. The van der Waals surface area contributed by atoms with Crippen LogP contribution in [0.2, 0.25) is 0 Å². The molecule has 0 aromatic rings. The van der Waals surface area contributed by atoms with E-state index in [1.165, 1.54) is 4.90 Å². The summed E-state index contributed by atoms with van der Waals surface area (Å²) in [7, 11) is 0. The van der Waals surface area contributed by atoms with Crippen LogP contribution in [0.5, 0.6) is 0 Å². The SMILES string of the molecule is CCOC(=O)CC1CCC2(CC1)CCN(C(=O)O)CC2. The fourth-order valence-electron chi connectivity index (χ4n) is 3.62. The Morgan fingerprint density at radius 3 is 2.30 bits per heavy atom. The van der Waals surface area contributed by atoms with Gasteiger partial charge in [0.2, 0.25) is 0 Å². The van der Waals surface area contributed by atoms with E-state index in [0.29, 0.717) is 37.5 Å². The maximum absolute atomic E-state index is 11.5. The third kappa shape index (κ3) is 3.64. The Morgan fingerprint density at radius 1 is 1.20 bits per heavy atom. The Bertz CT molecular complexity index is 351. The monoisotopic (exact) mass is 283 g/mol. The molecule has 0 atom stereocenters. The number of nitrogens with zero attached hydrogens (tertiary/aromatic N) is 1. The van der Waals surface area contributed by atoms with Crippen LogP contribution in [0, 0.1) is 11.3 Å². The zero-order valence-corrected chi connectivity index (χ0v) is 12.3. The van der Waals surface area contributed by atoms with Crippen molar-refractivity contribution in [3.8, 4) is 0 Å². The Morgan fingerprint density at radius 2 is 1.80 bits per heavy atom. The first-order chi connectivity index (χ1) is 9.54. The van der Waals surface area contributed by atoms with Crippen molar-refractivity contribution in [3.63, 3.8) is 0 Å². The average Bonchev–Trinajstić information content (AvgIpc) is 2.42. The molecule has 0 bridgehead atoms. The first-order valence-corrected chi connectivity index (χ1v) is 7.68. The standard InChI is InChI=1S/C15H25NO4/c1-2-20-13(17)11-12-3-5-15(6-4-12)7-9-16(10-8-15)14(18)19/h12H,2-11H2,1H3,(H,18,19). The van der Waals surface area contributed by atoms with E-state index in [1.807, 2.05) is 6.92 Å². The summed E-state index contributed by atoms with van der Waals surface area (Å²) < 4.78 is 5.01. The van der Waals surface area contributed by atoms with Crippen LogP contribution in [0.25, 0.3) is 0 Å². The van der Waals surface area contributed by atoms with Crippen LogP contribution in [0.1, 0.15) is 51.9 Å². The maximum atomic E-state index is 11.5. The normalized spacial score (nSPS) is 22.8. The van der Waals surface area contributed by atoms with Crippen LogP contribution in [-0.2, 0) is 9.53 Å². The van der Waals surface area contributed by atoms with Crippen LogP contribution in [-0.4, -0.2) is 41.8 Å². The van der Waals surface area contributed by atoms with Crippen LogP contribution >= 0.6 is 0 Å². The molecule has 1 heterocycles. The van der Waals surface area contributed by atoms with Gasteiger partial charge in [0.25, 0.3) is 0 Å². The van der Waals surface area contributed by atoms with Gasteiger partial charge in [-0.05, 0) is 56.8 Å². The van der Waals surface area contributed by atoms with Gasteiger partial charge in [0.1, 0.15) is 0 Å². The van der Waals surface area contributed by atoms with Gasteiger partial charge >= 0.3 is 12.1 Å². The van der Waals surface area contributed by atoms with Crippen LogP contribution in [0.4, 0.5) is 4.79 Å². The zero-order valence-electron chi connectivity index (χ0n) is 12.3. The smallest absolute Gasteiger partial charge is 0.407 e. The fraction of sp³-hybridized carbons (Fsp3) is 0.867. The number of carbonyl (C=O) groups excluding carboxylic acids is 1. The fourth-order valence-corrected chi connectivity index (χ4v) is 3.62. The second kappa shape index (κ2) is 6.46. The molecule has 2 fully saturated rings. The predicted molar refractivity (Wildman–Crippen MR) is 74.5 cm³/mol. The van der Waals surface area contributed by atoms with Gasteiger partial charge in [0.05, 0.1) is 6.61 Å². The first-order valence-electron chi connectivity index (χ1n) is 7.68. The summed E-state index contributed by atoms with van der Waals surface area (Å²) in [5, 5.41) is 8.99. The topological polar surface area (TPSA) is 66.8 Å².